The second-order valence-electron chi connectivity index (χ2n) is 9.09. The molecule has 4 heterocycles. The number of piperidine rings is 1. The zero-order chi connectivity index (χ0) is 21.0. The third kappa shape index (κ3) is 3.36. The van der Waals surface area contributed by atoms with Crippen molar-refractivity contribution in [2.75, 3.05) is 0 Å². The van der Waals surface area contributed by atoms with Crippen molar-refractivity contribution >= 4 is 10.9 Å². The fourth-order valence-electron chi connectivity index (χ4n) is 5.51. The molecule has 5 rings (SSSR count). The Morgan fingerprint density at radius 1 is 1.20 bits per heavy atom. The molecule has 1 aromatic carbocycles. The quantitative estimate of drug-likeness (QED) is 0.719. The van der Waals surface area contributed by atoms with Crippen LogP contribution in [0.2, 0.25) is 0 Å². The van der Waals surface area contributed by atoms with Gasteiger partial charge in [0, 0.05) is 48.8 Å². The van der Waals surface area contributed by atoms with Gasteiger partial charge in [0.2, 0.25) is 0 Å². The van der Waals surface area contributed by atoms with Crippen molar-refractivity contribution in [3.63, 3.8) is 0 Å². The predicted octanol–water partition coefficient (Wildman–Crippen LogP) is 2.74. The summed E-state index contributed by atoms with van der Waals surface area (Å²) < 4.78 is 17.3. The molecule has 30 heavy (non-hydrogen) atoms. The number of aromatic nitrogens is 3. The first kappa shape index (κ1) is 19.5. The highest BCUT2D eigenvalue weighted by molar-refractivity contribution is 5.84. The van der Waals surface area contributed by atoms with Crippen LogP contribution in [0.5, 0.6) is 0 Å². The van der Waals surface area contributed by atoms with E-state index in [2.05, 4.69) is 16.2 Å². The van der Waals surface area contributed by atoms with Crippen molar-refractivity contribution < 1.29 is 9.50 Å². The van der Waals surface area contributed by atoms with Crippen molar-refractivity contribution in [2.45, 2.75) is 63.4 Å². The van der Waals surface area contributed by atoms with Crippen LogP contribution in [0.3, 0.4) is 0 Å². The summed E-state index contributed by atoms with van der Waals surface area (Å²) in [6.07, 6.45) is 5.38. The van der Waals surface area contributed by atoms with Crippen LogP contribution in [0.15, 0.2) is 41.3 Å². The zero-order valence-corrected chi connectivity index (χ0v) is 17.4. The van der Waals surface area contributed by atoms with E-state index in [0.717, 1.165) is 41.5 Å². The smallest absolute Gasteiger partial charge is 0.266 e. The molecule has 0 saturated carbocycles. The number of rotatable bonds is 4. The topological polar surface area (TPSA) is 63.3 Å². The van der Waals surface area contributed by atoms with Crippen LogP contribution in [-0.2, 0) is 20.1 Å². The number of fused-ring (bicyclic) bond motifs is 3. The molecule has 3 aromatic rings. The molecule has 2 aromatic heterocycles. The third-order valence-corrected chi connectivity index (χ3v) is 6.83. The summed E-state index contributed by atoms with van der Waals surface area (Å²) in [5.74, 6) is -0.220. The maximum absolute atomic E-state index is 13.9. The lowest BCUT2D eigenvalue weighted by Gasteiger charge is -2.43. The lowest BCUT2D eigenvalue weighted by molar-refractivity contribution is -0.0677. The van der Waals surface area contributed by atoms with E-state index in [9.17, 15) is 14.3 Å². The standard InChI is InChI=1S/C23H27FN4O2/c1-15-3-8-22(29)28(25-15)14-23(30)10-18-5-6-19(11-23)27(18)13-16-12-26(2)21-7-4-17(24)9-20(16)21/h3-4,7-9,12,18-19,30H,5-6,10-11,13-14H2,1-2H3/t18-,19+,23?. The average Bonchev–Trinajstić information content (AvgIpc) is 3.12. The highest BCUT2D eigenvalue weighted by atomic mass is 19.1. The van der Waals surface area contributed by atoms with E-state index in [0.29, 0.717) is 12.8 Å². The molecule has 0 aliphatic carbocycles. The van der Waals surface area contributed by atoms with Gasteiger partial charge in [0.15, 0.2) is 0 Å². The number of hydrogen-bond acceptors (Lipinski definition) is 4. The number of benzene rings is 1. The van der Waals surface area contributed by atoms with Gasteiger partial charge in [-0.05, 0) is 62.4 Å². The van der Waals surface area contributed by atoms with Crippen molar-refractivity contribution in [3.05, 3.63) is 64.0 Å². The molecule has 3 atom stereocenters. The Kier molecular flexibility index (Phi) is 4.56. The summed E-state index contributed by atoms with van der Waals surface area (Å²) in [6.45, 7) is 2.82. The summed E-state index contributed by atoms with van der Waals surface area (Å²) in [6, 6.07) is 8.64. The Balaban J connectivity index is 1.38. The fraction of sp³-hybridized carbons (Fsp3) is 0.478. The van der Waals surface area contributed by atoms with Crippen LogP contribution in [0.25, 0.3) is 10.9 Å². The van der Waals surface area contributed by atoms with Crippen molar-refractivity contribution in [3.8, 4) is 0 Å². The van der Waals surface area contributed by atoms with E-state index in [1.807, 2.05) is 24.6 Å². The predicted molar refractivity (Wildman–Crippen MR) is 113 cm³/mol. The van der Waals surface area contributed by atoms with Crippen LogP contribution >= 0.6 is 0 Å². The second kappa shape index (κ2) is 7.03. The summed E-state index contributed by atoms with van der Waals surface area (Å²) in [5.41, 5.74) is 1.80. The maximum atomic E-state index is 13.9. The van der Waals surface area contributed by atoms with Crippen LogP contribution in [0.4, 0.5) is 4.39 Å². The SMILES string of the molecule is Cc1ccc(=O)n(CC2(O)C[C@H]3CC[C@@H](C2)N3Cc2cn(C)c3ccc(F)cc23)n1. The molecule has 2 aliphatic rings. The first-order valence-corrected chi connectivity index (χ1v) is 10.6. The van der Waals surface area contributed by atoms with Gasteiger partial charge in [-0.1, -0.05) is 0 Å². The highest BCUT2D eigenvalue weighted by Gasteiger charge is 2.47. The van der Waals surface area contributed by atoms with E-state index in [-0.39, 0.29) is 30.0 Å². The Morgan fingerprint density at radius 2 is 1.93 bits per heavy atom. The van der Waals surface area contributed by atoms with Crippen LogP contribution in [-0.4, -0.2) is 42.0 Å². The average molecular weight is 410 g/mol. The van der Waals surface area contributed by atoms with E-state index >= 15 is 0 Å². The van der Waals surface area contributed by atoms with Crippen molar-refractivity contribution in [2.24, 2.45) is 7.05 Å². The lowest BCUT2D eigenvalue weighted by atomic mass is 9.85. The van der Waals surface area contributed by atoms with Gasteiger partial charge in [0.1, 0.15) is 5.82 Å². The monoisotopic (exact) mass is 410 g/mol. The minimum atomic E-state index is -0.933. The summed E-state index contributed by atoms with van der Waals surface area (Å²) in [5, 5.41) is 16.6. The van der Waals surface area contributed by atoms with E-state index in [1.54, 1.807) is 12.1 Å². The van der Waals surface area contributed by atoms with Gasteiger partial charge >= 0.3 is 0 Å². The molecular weight excluding hydrogens is 383 g/mol. The summed E-state index contributed by atoms with van der Waals surface area (Å²) >= 11 is 0. The lowest BCUT2D eigenvalue weighted by Crippen LogP contribution is -2.53. The number of hydrogen-bond donors (Lipinski definition) is 1. The molecule has 6 nitrogen and oxygen atoms in total. The largest absolute Gasteiger partial charge is 0.388 e. The molecular formula is C23H27FN4O2. The molecule has 2 aliphatic heterocycles. The molecule has 2 bridgehead atoms. The molecule has 0 radical (unpaired) electrons. The number of aliphatic hydroxyl groups is 1. The van der Waals surface area contributed by atoms with Crippen LogP contribution < -0.4 is 5.56 Å². The molecule has 0 amide bonds. The Morgan fingerprint density at radius 3 is 2.67 bits per heavy atom. The molecule has 0 spiro atoms. The van der Waals surface area contributed by atoms with Gasteiger partial charge in [0.25, 0.3) is 5.56 Å². The van der Waals surface area contributed by atoms with Gasteiger partial charge in [-0.2, -0.15) is 5.10 Å². The second-order valence-corrected chi connectivity index (χ2v) is 9.09. The van der Waals surface area contributed by atoms with Gasteiger partial charge in [-0.3, -0.25) is 9.69 Å². The highest BCUT2D eigenvalue weighted by Crippen LogP contribution is 2.42. The van der Waals surface area contributed by atoms with Gasteiger partial charge in [-0.15, -0.1) is 0 Å². The Bertz CT molecular complexity index is 1150. The Hall–Kier alpha value is -2.51. The van der Waals surface area contributed by atoms with Crippen LogP contribution in [0.1, 0.15) is 36.9 Å². The minimum absolute atomic E-state index is 0.179. The molecule has 2 fully saturated rings. The fourth-order valence-corrected chi connectivity index (χ4v) is 5.51. The van der Waals surface area contributed by atoms with Crippen LogP contribution in [0, 0.1) is 12.7 Å². The molecule has 7 heteroatoms. The van der Waals surface area contributed by atoms with Crippen molar-refractivity contribution in [1.29, 1.82) is 0 Å². The number of aryl methyl sites for hydroxylation is 2. The first-order valence-electron chi connectivity index (χ1n) is 10.6. The van der Waals surface area contributed by atoms with Gasteiger partial charge in [-0.25, -0.2) is 9.07 Å². The minimum Gasteiger partial charge on any atom is -0.388 e. The van der Waals surface area contributed by atoms with E-state index in [1.165, 1.54) is 16.8 Å². The summed E-state index contributed by atoms with van der Waals surface area (Å²) in [4.78, 5) is 14.6. The normalized spacial score (nSPS) is 26.5. The third-order valence-electron chi connectivity index (χ3n) is 6.83. The van der Waals surface area contributed by atoms with Crippen molar-refractivity contribution in [1.82, 2.24) is 19.2 Å². The molecule has 1 N–H and O–H groups in total. The Labute approximate surface area is 174 Å². The van der Waals surface area contributed by atoms with E-state index in [4.69, 9.17) is 0 Å². The van der Waals surface area contributed by atoms with Gasteiger partial charge in [0.05, 0.1) is 17.8 Å². The number of nitrogens with zero attached hydrogens (tertiary/aromatic N) is 4. The molecule has 158 valence electrons. The van der Waals surface area contributed by atoms with Gasteiger partial charge < -0.3 is 9.67 Å². The maximum Gasteiger partial charge on any atom is 0.266 e. The summed E-state index contributed by atoms with van der Waals surface area (Å²) in [7, 11) is 1.99. The molecule has 2 saturated heterocycles. The first-order chi connectivity index (χ1) is 14.3. The number of halogens is 1. The molecule has 1 unspecified atom stereocenters. The zero-order valence-electron chi connectivity index (χ0n) is 17.4. The van der Waals surface area contributed by atoms with E-state index < -0.39 is 5.60 Å².